The number of carbonyl (C=O) groups is 2. The first-order chi connectivity index (χ1) is 17.6. The fraction of sp³-hybridized carbons (Fsp3) is 0.462. The van der Waals surface area contributed by atoms with E-state index in [2.05, 4.69) is 20.7 Å². The molecule has 1 aliphatic rings. The minimum Gasteiger partial charge on any atom is -0.382 e. The number of aryl methyl sites for hydroxylation is 2. The number of hydrazone groups is 1. The van der Waals surface area contributed by atoms with Crippen molar-refractivity contribution < 1.29 is 18.7 Å². The Labute approximate surface area is 217 Å². The van der Waals surface area contributed by atoms with E-state index in [1.807, 2.05) is 0 Å². The molecular formula is C26H38FN7O3. The molecule has 1 fully saturated rings. The lowest BCUT2D eigenvalue weighted by Crippen LogP contribution is -2.38. The average molecular weight is 516 g/mol. The topological polar surface area (TPSA) is 148 Å². The van der Waals surface area contributed by atoms with E-state index in [0.29, 0.717) is 22.9 Å². The Morgan fingerprint density at radius 2 is 1.89 bits per heavy atom. The first-order valence-corrected chi connectivity index (χ1v) is 12.2. The number of pyridine rings is 1. The molecule has 0 unspecified atom stereocenters. The maximum atomic E-state index is 13.3. The van der Waals surface area contributed by atoms with Gasteiger partial charge in [-0.2, -0.15) is 0 Å². The van der Waals surface area contributed by atoms with Crippen LogP contribution < -0.4 is 22.2 Å². The lowest BCUT2D eigenvalue weighted by Gasteiger charge is -2.22. The molecule has 6 N–H and O–H groups in total. The SMILES string of the molecule is COCC(=O)NC1CCCCC1.Cc1cc(/C(N)=N/N(C)N)cc(C(=O)NCc2ccc(F)c(C)c2)n1. The molecule has 37 heavy (non-hydrogen) atoms. The maximum Gasteiger partial charge on any atom is 0.270 e. The number of ether oxygens (including phenoxy) is 1. The molecule has 0 saturated heterocycles. The van der Waals surface area contributed by atoms with Crippen molar-refractivity contribution >= 4 is 17.6 Å². The highest BCUT2D eigenvalue weighted by Crippen LogP contribution is 2.17. The molecular weight excluding hydrogens is 477 g/mol. The van der Waals surface area contributed by atoms with E-state index >= 15 is 0 Å². The van der Waals surface area contributed by atoms with Gasteiger partial charge in [0.2, 0.25) is 5.91 Å². The van der Waals surface area contributed by atoms with Gasteiger partial charge in [0.25, 0.3) is 5.91 Å². The van der Waals surface area contributed by atoms with Crippen molar-refractivity contribution in [2.24, 2.45) is 16.7 Å². The quantitative estimate of drug-likeness (QED) is 0.182. The number of methoxy groups -OCH3 is 1. The number of rotatable bonds is 8. The van der Waals surface area contributed by atoms with Gasteiger partial charge in [-0.3, -0.25) is 9.59 Å². The van der Waals surface area contributed by atoms with Gasteiger partial charge >= 0.3 is 0 Å². The normalized spacial score (nSPS) is 13.8. The molecule has 1 aromatic carbocycles. The second kappa shape index (κ2) is 14.9. The Balaban J connectivity index is 0.000000335. The third-order valence-corrected chi connectivity index (χ3v) is 5.67. The van der Waals surface area contributed by atoms with Crippen molar-refractivity contribution in [1.29, 1.82) is 0 Å². The van der Waals surface area contributed by atoms with E-state index in [9.17, 15) is 14.0 Å². The summed E-state index contributed by atoms with van der Waals surface area (Å²) in [5, 5.41) is 10.7. The van der Waals surface area contributed by atoms with Crippen LogP contribution in [0.15, 0.2) is 35.4 Å². The van der Waals surface area contributed by atoms with E-state index < -0.39 is 0 Å². The third kappa shape index (κ3) is 10.5. The molecule has 10 nitrogen and oxygen atoms in total. The van der Waals surface area contributed by atoms with Gasteiger partial charge in [-0.05, 0) is 56.0 Å². The summed E-state index contributed by atoms with van der Waals surface area (Å²) in [6.45, 7) is 3.88. The van der Waals surface area contributed by atoms with Crippen LogP contribution in [0.5, 0.6) is 0 Å². The summed E-state index contributed by atoms with van der Waals surface area (Å²) in [4.78, 5) is 27.6. The van der Waals surface area contributed by atoms with Crippen molar-refractivity contribution in [1.82, 2.24) is 20.7 Å². The predicted octanol–water partition coefficient (Wildman–Crippen LogP) is 2.28. The van der Waals surface area contributed by atoms with Crippen LogP contribution in [0, 0.1) is 19.7 Å². The molecule has 0 bridgehead atoms. The number of benzene rings is 1. The molecule has 2 aromatic rings. The first-order valence-electron chi connectivity index (χ1n) is 12.2. The van der Waals surface area contributed by atoms with E-state index in [4.69, 9.17) is 16.3 Å². The van der Waals surface area contributed by atoms with Crippen molar-refractivity contribution in [3.63, 3.8) is 0 Å². The number of amides is 2. The summed E-state index contributed by atoms with van der Waals surface area (Å²) in [6.07, 6.45) is 6.08. The number of amidine groups is 1. The zero-order valence-electron chi connectivity index (χ0n) is 22.0. The molecule has 1 aromatic heterocycles. The fourth-order valence-corrected chi connectivity index (χ4v) is 3.90. The summed E-state index contributed by atoms with van der Waals surface area (Å²) >= 11 is 0. The lowest BCUT2D eigenvalue weighted by molar-refractivity contribution is -0.125. The second-order valence-corrected chi connectivity index (χ2v) is 9.04. The molecule has 202 valence electrons. The lowest BCUT2D eigenvalue weighted by atomic mass is 9.95. The maximum absolute atomic E-state index is 13.3. The van der Waals surface area contributed by atoms with Gasteiger partial charge in [0.1, 0.15) is 18.1 Å². The molecule has 1 heterocycles. The smallest absolute Gasteiger partial charge is 0.270 e. The number of carbonyl (C=O) groups excluding carboxylic acids is 2. The second-order valence-electron chi connectivity index (χ2n) is 9.04. The highest BCUT2D eigenvalue weighted by Gasteiger charge is 2.15. The van der Waals surface area contributed by atoms with Gasteiger partial charge in [-0.25, -0.2) is 20.3 Å². The van der Waals surface area contributed by atoms with Crippen LogP contribution >= 0.6 is 0 Å². The molecule has 11 heteroatoms. The largest absolute Gasteiger partial charge is 0.382 e. The van der Waals surface area contributed by atoms with Gasteiger partial charge in [0, 0.05) is 38.0 Å². The Hall–Kier alpha value is -3.57. The minimum absolute atomic E-state index is 0.0180. The predicted molar refractivity (Wildman–Crippen MR) is 141 cm³/mol. The number of halogens is 1. The monoisotopic (exact) mass is 515 g/mol. The van der Waals surface area contributed by atoms with Crippen LogP contribution in [0.3, 0.4) is 0 Å². The van der Waals surface area contributed by atoms with Gasteiger partial charge in [-0.1, -0.05) is 31.4 Å². The highest BCUT2D eigenvalue weighted by atomic mass is 19.1. The van der Waals surface area contributed by atoms with Crippen LogP contribution in [0.2, 0.25) is 0 Å². The zero-order chi connectivity index (χ0) is 27.4. The van der Waals surface area contributed by atoms with Crippen molar-refractivity contribution in [2.45, 2.75) is 58.5 Å². The minimum atomic E-state index is -0.360. The van der Waals surface area contributed by atoms with Crippen LogP contribution in [0.1, 0.15) is 65.0 Å². The van der Waals surface area contributed by atoms with E-state index in [1.54, 1.807) is 52.3 Å². The van der Waals surface area contributed by atoms with Gasteiger partial charge < -0.3 is 21.1 Å². The summed E-state index contributed by atoms with van der Waals surface area (Å²) in [7, 11) is 3.08. The molecule has 0 aliphatic heterocycles. The zero-order valence-corrected chi connectivity index (χ0v) is 22.0. The molecule has 2 amide bonds. The number of nitrogens with two attached hydrogens (primary N) is 2. The van der Waals surface area contributed by atoms with Gasteiger partial charge in [0.05, 0.1) is 0 Å². The first kappa shape index (κ1) is 29.7. The molecule has 1 saturated carbocycles. The van der Waals surface area contributed by atoms with E-state index in [1.165, 1.54) is 25.3 Å². The number of hydrogen-bond acceptors (Lipinski definition) is 7. The summed E-state index contributed by atoms with van der Waals surface area (Å²) < 4.78 is 18.0. The number of nitrogens with zero attached hydrogens (tertiary/aromatic N) is 3. The molecule has 0 radical (unpaired) electrons. The van der Waals surface area contributed by atoms with Crippen molar-refractivity contribution in [2.75, 3.05) is 20.8 Å². The van der Waals surface area contributed by atoms with Crippen LogP contribution in [0.4, 0.5) is 4.39 Å². The molecule has 0 spiro atoms. The van der Waals surface area contributed by atoms with Crippen molar-refractivity contribution in [3.05, 3.63) is 64.2 Å². The summed E-state index contributed by atoms with van der Waals surface area (Å²) in [5.41, 5.74) is 8.57. The Bertz CT molecular complexity index is 1090. The van der Waals surface area contributed by atoms with Crippen molar-refractivity contribution in [3.8, 4) is 0 Å². The Morgan fingerprint density at radius 3 is 2.51 bits per heavy atom. The Morgan fingerprint density at radius 1 is 1.19 bits per heavy atom. The third-order valence-electron chi connectivity index (χ3n) is 5.67. The molecule has 1 aliphatic carbocycles. The number of aromatic nitrogens is 1. The average Bonchev–Trinajstić information content (AvgIpc) is 2.85. The number of hydrogen-bond donors (Lipinski definition) is 4. The number of nitrogens with one attached hydrogen (secondary N) is 2. The van der Waals surface area contributed by atoms with E-state index in [-0.39, 0.29) is 42.3 Å². The van der Waals surface area contributed by atoms with Gasteiger partial charge in [-0.15, -0.1) is 5.10 Å². The Kier molecular flexibility index (Phi) is 11.9. The van der Waals surface area contributed by atoms with Crippen LogP contribution in [-0.2, 0) is 16.1 Å². The molecule has 0 atom stereocenters. The van der Waals surface area contributed by atoms with Crippen LogP contribution in [-0.4, -0.2) is 54.6 Å². The highest BCUT2D eigenvalue weighted by molar-refractivity contribution is 6.00. The van der Waals surface area contributed by atoms with Gasteiger partial charge in [0.15, 0.2) is 5.84 Å². The summed E-state index contributed by atoms with van der Waals surface area (Å²) in [6, 6.07) is 8.34. The fourth-order valence-electron chi connectivity index (χ4n) is 3.90. The van der Waals surface area contributed by atoms with E-state index in [0.717, 1.165) is 23.5 Å². The molecule has 3 rings (SSSR count). The van der Waals surface area contributed by atoms with Crippen LogP contribution in [0.25, 0.3) is 0 Å². The standard InChI is InChI=1S/C17H21FN6O.C9H17NO2/c1-10-6-12(4-5-14(10)18)9-21-17(25)15-8-13(7-11(2)22-15)16(19)23-24(3)20;1-12-7-9(11)10-8-5-3-2-4-6-8/h4-8H,9,20H2,1-3H3,(H2,19,23)(H,21,25);8H,2-7H2,1H3,(H,10,11). The number of hydrazine groups is 1. The summed E-state index contributed by atoms with van der Waals surface area (Å²) in [5.74, 6) is 5.00.